The van der Waals surface area contributed by atoms with Gasteiger partial charge in [0.15, 0.2) is 0 Å². The fourth-order valence-electron chi connectivity index (χ4n) is 3.30. The van der Waals surface area contributed by atoms with Gasteiger partial charge in [-0.3, -0.25) is 9.59 Å². The lowest BCUT2D eigenvalue weighted by molar-refractivity contribution is -0.120. The molecule has 0 spiro atoms. The molecule has 0 saturated carbocycles. The minimum Gasteiger partial charge on any atom is -0.444 e. The number of carbonyl (C=O) groups is 2. The highest BCUT2D eigenvalue weighted by molar-refractivity contribution is 7.59. The van der Waals surface area contributed by atoms with Crippen LogP contribution >= 0.6 is 24.8 Å². The van der Waals surface area contributed by atoms with Gasteiger partial charge in [0.1, 0.15) is 23.3 Å². The molecule has 0 radical (unpaired) electrons. The lowest BCUT2D eigenvalue weighted by Crippen LogP contribution is -2.50. The number of alkyl carbamates (subject to hydrolysis) is 1. The van der Waals surface area contributed by atoms with Crippen molar-refractivity contribution < 1.29 is 23.1 Å². The first-order chi connectivity index (χ1) is 15.3. The number of rotatable bonds is 5. The Hall–Kier alpha value is -2.92. The molecule has 1 N–H and O–H groups in total. The largest absolute Gasteiger partial charge is 0.444 e. The molecule has 1 heterocycles. The van der Waals surface area contributed by atoms with Crippen LogP contribution < -0.4 is 15.1 Å². The summed E-state index contributed by atoms with van der Waals surface area (Å²) < 4.78 is 34.9. The Kier molecular flexibility index (Phi) is 8.49. The van der Waals surface area contributed by atoms with Gasteiger partial charge in [0, 0.05) is 32.3 Å². The van der Waals surface area contributed by atoms with Gasteiger partial charge >= 0.3 is 11.0 Å². The second-order valence-electron chi connectivity index (χ2n) is 8.66. The molecule has 34 heavy (non-hydrogen) atoms. The van der Waals surface area contributed by atoms with Crippen molar-refractivity contribution in [3.63, 3.8) is 0 Å². The van der Waals surface area contributed by atoms with E-state index in [2.05, 4.69) is 5.32 Å². The van der Waals surface area contributed by atoms with Gasteiger partial charge in [-0.05, 0) is 56.7 Å². The number of aryl methyl sites for hydroxylation is 1. The molecule has 0 aliphatic carbocycles. The summed E-state index contributed by atoms with van der Waals surface area (Å²) in [5.41, 5.74) is 0.544. The summed E-state index contributed by atoms with van der Waals surface area (Å²) >= 11 is 1.09. The summed E-state index contributed by atoms with van der Waals surface area (Å²) in [6.07, 6.45) is -0.988. The zero-order chi connectivity index (χ0) is 24.5. The molecule has 1 atom stereocenters. The summed E-state index contributed by atoms with van der Waals surface area (Å²) in [6, 6.07) is 6.89. The average molecular weight is 512 g/mol. The Balaban J connectivity index is 0.00000408. The molecule has 184 valence electrons. The molecule has 3 rings (SSSR count). The number of likely N-dealkylation sites (N-methyl/N-ethyl adjacent to an activating group) is 1. The third kappa shape index (κ3) is 6.57. The molecule has 2 aromatic carbocycles. The first-order valence-electron chi connectivity index (χ1n) is 10.2. The van der Waals surface area contributed by atoms with E-state index in [-0.39, 0.29) is 30.4 Å². The van der Waals surface area contributed by atoms with Crippen molar-refractivity contribution in [1.82, 2.24) is 9.88 Å². The summed E-state index contributed by atoms with van der Waals surface area (Å²) in [7, 11) is 3.15. The maximum absolute atomic E-state index is 13.7. The molecule has 1 aromatic heterocycles. The maximum Gasteiger partial charge on any atom is 0.408 e. The molecule has 2 amide bonds. The number of aromatic nitrogens is 1. The van der Waals surface area contributed by atoms with Gasteiger partial charge < -0.3 is 19.5 Å². The first-order valence-corrected chi connectivity index (χ1v) is 11.0. The van der Waals surface area contributed by atoms with Crippen molar-refractivity contribution in [2.45, 2.75) is 38.8 Å². The van der Waals surface area contributed by atoms with E-state index in [0.29, 0.717) is 11.2 Å². The number of anilines is 1. The van der Waals surface area contributed by atoms with E-state index in [1.807, 2.05) is 0 Å². The number of nitrogens with zero attached hydrogens (tertiary/aromatic N) is 2. The van der Waals surface area contributed by atoms with Crippen LogP contribution in [0.15, 0.2) is 41.2 Å². The zero-order valence-electron chi connectivity index (χ0n) is 19.4. The monoisotopic (exact) mass is 511 g/mol. The van der Waals surface area contributed by atoms with Crippen LogP contribution in [0.3, 0.4) is 0 Å². The van der Waals surface area contributed by atoms with Crippen LogP contribution in [0, 0.1) is 11.6 Å². The predicted molar refractivity (Wildman–Crippen MR) is 134 cm³/mol. The lowest BCUT2D eigenvalue weighted by atomic mass is 10.0. The normalized spacial score (nSPS) is 12.1. The highest BCUT2D eigenvalue weighted by Crippen LogP contribution is 2.24. The quantitative estimate of drug-likeness (QED) is 0.560. The molecule has 0 bridgehead atoms. The minimum atomic E-state index is -1.16. The Morgan fingerprint density at radius 3 is 2.35 bits per heavy atom. The van der Waals surface area contributed by atoms with E-state index in [4.69, 9.17) is 4.74 Å². The smallest absolute Gasteiger partial charge is 0.408 e. The Morgan fingerprint density at radius 2 is 1.76 bits per heavy atom. The second kappa shape index (κ2) is 10.6. The predicted octanol–water partition coefficient (Wildman–Crippen LogP) is 4.09. The van der Waals surface area contributed by atoms with E-state index in [1.165, 1.54) is 16.5 Å². The van der Waals surface area contributed by atoms with Crippen molar-refractivity contribution >= 4 is 52.7 Å². The molecule has 0 aliphatic heterocycles. The molecular formula is C23H27F2N3O4S2. The zero-order valence-corrected chi connectivity index (χ0v) is 21.3. The minimum absolute atomic E-state index is 0. The third-order valence-corrected chi connectivity index (χ3v) is 5.86. The van der Waals surface area contributed by atoms with Crippen molar-refractivity contribution in [2.24, 2.45) is 7.05 Å². The van der Waals surface area contributed by atoms with E-state index in [9.17, 15) is 23.2 Å². The number of fused-ring (bicyclic) bond motifs is 1. The number of ether oxygens (including phenoxy) is 1. The number of benzene rings is 2. The van der Waals surface area contributed by atoms with E-state index < -0.39 is 35.3 Å². The van der Waals surface area contributed by atoms with Gasteiger partial charge in [-0.1, -0.05) is 11.3 Å². The van der Waals surface area contributed by atoms with Crippen LogP contribution in [0.5, 0.6) is 0 Å². The van der Waals surface area contributed by atoms with Gasteiger partial charge in [0.2, 0.25) is 5.91 Å². The first kappa shape index (κ1) is 27.3. The molecule has 11 heteroatoms. The highest BCUT2D eigenvalue weighted by atomic mass is 32.1. The summed E-state index contributed by atoms with van der Waals surface area (Å²) in [6.45, 7) is 5.04. The van der Waals surface area contributed by atoms with Crippen molar-refractivity contribution in [1.29, 1.82) is 0 Å². The number of hydrogen-bond acceptors (Lipinski definition) is 5. The van der Waals surface area contributed by atoms with Gasteiger partial charge in [-0.15, -0.1) is 0 Å². The lowest BCUT2D eigenvalue weighted by Gasteiger charge is -2.27. The number of carbonyl (C=O) groups excluding carboxylic acids is 2. The molecular weight excluding hydrogens is 484 g/mol. The van der Waals surface area contributed by atoms with Crippen LogP contribution in [0.4, 0.5) is 19.3 Å². The number of amides is 2. The number of halogens is 2. The molecule has 7 nitrogen and oxygen atoms in total. The molecule has 0 aliphatic rings. The number of thiazole rings is 1. The van der Waals surface area contributed by atoms with Gasteiger partial charge in [-0.25, -0.2) is 13.6 Å². The highest BCUT2D eigenvalue weighted by Gasteiger charge is 2.28. The summed E-state index contributed by atoms with van der Waals surface area (Å²) in [5, 5.41) is 2.51. The van der Waals surface area contributed by atoms with E-state index in [0.717, 1.165) is 34.2 Å². The van der Waals surface area contributed by atoms with Crippen molar-refractivity contribution in [3.05, 3.63) is 63.3 Å². The number of nitrogens with one attached hydrogen (secondary N) is 1. The van der Waals surface area contributed by atoms with Gasteiger partial charge in [0.25, 0.3) is 0 Å². The Bertz CT molecular complexity index is 1250. The fourth-order valence-corrected chi connectivity index (χ4v) is 4.16. The standard InChI is InChI=1S/C23H25F2N3O4S.H2S/c1-23(2,3)32-21(30)26-17(10-13-8-14(24)11-15(25)9-13)20(29)27(4)16-6-7-19-18(12-16)28(5)22(31)33-19;/h6-9,11-12,17H,10H2,1-5H3,(H,26,30);1H2/t17-;/m0./s1. The topological polar surface area (TPSA) is 80.6 Å². The fraction of sp³-hybridized carbons (Fsp3) is 0.348. The van der Waals surface area contributed by atoms with Crippen molar-refractivity contribution in [3.8, 4) is 0 Å². The molecule has 0 fully saturated rings. The van der Waals surface area contributed by atoms with E-state index in [1.54, 1.807) is 46.0 Å². The third-order valence-electron chi connectivity index (χ3n) is 4.84. The summed E-state index contributed by atoms with van der Waals surface area (Å²) in [4.78, 5) is 38.9. The SMILES string of the molecule is CN(C(=O)[C@H](Cc1cc(F)cc(F)c1)NC(=O)OC(C)(C)C)c1ccc2sc(=O)n(C)c2c1.S. The summed E-state index contributed by atoms with van der Waals surface area (Å²) in [5.74, 6) is -2.10. The van der Waals surface area contributed by atoms with Crippen LogP contribution in [-0.2, 0) is 23.0 Å². The molecule has 3 aromatic rings. The molecule has 0 saturated heterocycles. The maximum atomic E-state index is 13.7. The number of hydrogen-bond donors (Lipinski definition) is 1. The van der Waals surface area contributed by atoms with Crippen LogP contribution in [0.25, 0.3) is 10.2 Å². The van der Waals surface area contributed by atoms with Crippen molar-refractivity contribution in [2.75, 3.05) is 11.9 Å². The van der Waals surface area contributed by atoms with Gasteiger partial charge in [0.05, 0.1) is 10.2 Å². The van der Waals surface area contributed by atoms with Crippen LogP contribution in [0.2, 0.25) is 0 Å². The van der Waals surface area contributed by atoms with E-state index >= 15 is 0 Å². The Labute approximate surface area is 206 Å². The van der Waals surface area contributed by atoms with Crippen LogP contribution in [-0.4, -0.2) is 35.3 Å². The van der Waals surface area contributed by atoms with Crippen LogP contribution in [0.1, 0.15) is 26.3 Å². The Morgan fingerprint density at radius 1 is 1.15 bits per heavy atom. The van der Waals surface area contributed by atoms with Gasteiger partial charge in [-0.2, -0.15) is 13.5 Å². The molecule has 0 unspecified atom stereocenters. The average Bonchev–Trinajstić information content (AvgIpc) is 2.97. The second-order valence-corrected chi connectivity index (χ2v) is 9.65.